The molecule has 0 bridgehead atoms. The van der Waals surface area contributed by atoms with Crippen molar-refractivity contribution in [3.05, 3.63) is 63.5 Å². The Hall–Kier alpha value is -3.16. The van der Waals surface area contributed by atoms with Crippen LogP contribution in [0.2, 0.25) is 0 Å². The molecule has 8 heteroatoms. The second kappa shape index (κ2) is 6.76. The summed E-state index contributed by atoms with van der Waals surface area (Å²) in [6, 6.07) is 7.89. The predicted molar refractivity (Wildman–Crippen MR) is 86.5 cm³/mol. The van der Waals surface area contributed by atoms with Gasteiger partial charge in [0.05, 0.1) is 24.1 Å². The standard InChI is InChI=1S/C17H15FN2O5/c1-24-13-4-2-10-6-12(9-25-16(10)8-13)19-17(21)14-5-3-11(18)7-15(14)20(22)23/h2-5,7-8,12H,6,9H2,1H3,(H,19,21)/t12-/m0/s1. The van der Waals surface area contributed by atoms with Gasteiger partial charge in [-0.05, 0) is 30.2 Å². The quantitative estimate of drug-likeness (QED) is 0.678. The molecule has 1 aliphatic rings. The van der Waals surface area contributed by atoms with Crippen LogP contribution in [0.5, 0.6) is 11.5 Å². The number of nitro groups is 1. The maximum Gasteiger partial charge on any atom is 0.285 e. The van der Waals surface area contributed by atoms with Crippen molar-refractivity contribution >= 4 is 11.6 Å². The maximum atomic E-state index is 13.2. The Kier molecular flexibility index (Phi) is 4.51. The highest BCUT2D eigenvalue weighted by atomic mass is 19.1. The molecule has 0 radical (unpaired) electrons. The Labute approximate surface area is 142 Å². The third-order valence-corrected chi connectivity index (χ3v) is 3.92. The molecule has 130 valence electrons. The molecule has 1 atom stereocenters. The summed E-state index contributed by atoms with van der Waals surface area (Å²) in [6.07, 6.45) is 0.514. The van der Waals surface area contributed by atoms with Crippen LogP contribution in [-0.2, 0) is 6.42 Å². The molecule has 0 unspecified atom stereocenters. The molecule has 1 heterocycles. The highest BCUT2D eigenvalue weighted by Crippen LogP contribution is 2.29. The summed E-state index contributed by atoms with van der Waals surface area (Å²) in [6.45, 7) is 0.223. The van der Waals surface area contributed by atoms with Crippen LogP contribution in [0.3, 0.4) is 0 Å². The Bertz CT molecular complexity index is 840. The first-order valence-electron chi connectivity index (χ1n) is 7.52. The number of methoxy groups -OCH3 is 1. The normalized spacial score (nSPS) is 15.7. The zero-order valence-corrected chi connectivity index (χ0v) is 13.3. The molecule has 0 spiro atoms. The molecule has 0 aromatic heterocycles. The van der Waals surface area contributed by atoms with Crippen LogP contribution in [0.25, 0.3) is 0 Å². The largest absolute Gasteiger partial charge is 0.497 e. The van der Waals surface area contributed by atoms with E-state index in [4.69, 9.17) is 9.47 Å². The van der Waals surface area contributed by atoms with Crippen LogP contribution in [0.15, 0.2) is 36.4 Å². The van der Waals surface area contributed by atoms with Gasteiger partial charge in [0, 0.05) is 6.07 Å². The van der Waals surface area contributed by atoms with Crippen molar-refractivity contribution in [3.63, 3.8) is 0 Å². The number of rotatable bonds is 4. The van der Waals surface area contributed by atoms with Crippen LogP contribution in [0.4, 0.5) is 10.1 Å². The Morgan fingerprint density at radius 2 is 2.16 bits per heavy atom. The number of benzene rings is 2. The van der Waals surface area contributed by atoms with Gasteiger partial charge in [-0.3, -0.25) is 14.9 Å². The highest BCUT2D eigenvalue weighted by Gasteiger charge is 2.26. The molecule has 0 saturated heterocycles. The van der Waals surface area contributed by atoms with Gasteiger partial charge in [-0.2, -0.15) is 0 Å². The van der Waals surface area contributed by atoms with Crippen LogP contribution in [0.1, 0.15) is 15.9 Å². The Morgan fingerprint density at radius 3 is 2.88 bits per heavy atom. The lowest BCUT2D eigenvalue weighted by atomic mass is 10.0. The number of ether oxygens (including phenoxy) is 2. The Morgan fingerprint density at radius 1 is 1.36 bits per heavy atom. The number of fused-ring (bicyclic) bond motifs is 1. The fourth-order valence-electron chi connectivity index (χ4n) is 2.68. The minimum Gasteiger partial charge on any atom is -0.497 e. The van der Waals surface area contributed by atoms with E-state index in [1.54, 1.807) is 19.2 Å². The predicted octanol–water partition coefficient (Wildman–Crippen LogP) is 2.48. The van der Waals surface area contributed by atoms with Crippen molar-refractivity contribution in [1.82, 2.24) is 5.32 Å². The molecule has 7 nitrogen and oxygen atoms in total. The molecule has 0 aliphatic carbocycles. The number of hydrogen-bond acceptors (Lipinski definition) is 5. The summed E-state index contributed by atoms with van der Waals surface area (Å²) in [7, 11) is 1.56. The first kappa shape index (κ1) is 16.7. The van der Waals surface area contributed by atoms with Crippen LogP contribution >= 0.6 is 0 Å². The number of nitro benzene ring substituents is 1. The van der Waals surface area contributed by atoms with Crippen molar-refractivity contribution < 1.29 is 23.6 Å². The Balaban J connectivity index is 1.75. The molecular formula is C17H15FN2O5. The summed E-state index contributed by atoms with van der Waals surface area (Å²) < 4.78 is 23.9. The first-order chi connectivity index (χ1) is 12.0. The monoisotopic (exact) mass is 346 g/mol. The number of hydrogen-bond donors (Lipinski definition) is 1. The number of nitrogens with zero attached hydrogens (tertiary/aromatic N) is 1. The number of halogens is 1. The second-order valence-corrected chi connectivity index (χ2v) is 5.58. The molecule has 1 N–H and O–H groups in total. The van der Waals surface area contributed by atoms with Gasteiger partial charge in [0.2, 0.25) is 0 Å². The van der Waals surface area contributed by atoms with Crippen molar-refractivity contribution in [2.45, 2.75) is 12.5 Å². The van der Waals surface area contributed by atoms with Gasteiger partial charge in [-0.15, -0.1) is 0 Å². The fourth-order valence-corrected chi connectivity index (χ4v) is 2.68. The van der Waals surface area contributed by atoms with Gasteiger partial charge < -0.3 is 14.8 Å². The van der Waals surface area contributed by atoms with E-state index >= 15 is 0 Å². The first-order valence-corrected chi connectivity index (χ1v) is 7.52. The average Bonchev–Trinajstić information content (AvgIpc) is 2.61. The minimum atomic E-state index is -0.781. The number of carbonyl (C=O) groups is 1. The van der Waals surface area contributed by atoms with Gasteiger partial charge in [0.15, 0.2) is 0 Å². The van der Waals surface area contributed by atoms with E-state index in [1.807, 2.05) is 6.07 Å². The molecule has 0 fully saturated rings. The lowest BCUT2D eigenvalue weighted by Crippen LogP contribution is -2.42. The van der Waals surface area contributed by atoms with E-state index in [0.29, 0.717) is 17.9 Å². The van der Waals surface area contributed by atoms with E-state index < -0.39 is 22.3 Å². The summed E-state index contributed by atoms with van der Waals surface area (Å²) in [5.74, 6) is -0.0647. The highest BCUT2D eigenvalue weighted by molar-refractivity contribution is 5.98. The summed E-state index contributed by atoms with van der Waals surface area (Å²) in [4.78, 5) is 22.6. The minimum absolute atomic E-state index is 0.188. The lowest BCUT2D eigenvalue weighted by molar-refractivity contribution is -0.385. The van der Waals surface area contributed by atoms with Gasteiger partial charge in [0.25, 0.3) is 11.6 Å². The van der Waals surface area contributed by atoms with E-state index in [-0.39, 0.29) is 18.2 Å². The molecule has 3 rings (SSSR count). The molecule has 0 saturated carbocycles. The van der Waals surface area contributed by atoms with Crippen molar-refractivity contribution in [2.75, 3.05) is 13.7 Å². The molecule has 2 aromatic rings. The zero-order valence-electron chi connectivity index (χ0n) is 13.3. The molecule has 1 amide bonds. The molecule has 25 heavy (non-hydrogen) atoms. The summed E-state index contributed by atoms with van der Waals surface area (Å²) >= 11 is 0. The lowest BCUT2D eigenvalue weighted by Gasteiger charge is -2.26. The fraction of sp³-hybridized carbons (Fsp3) is 0.235. The van der Waals surface area contributed by atoms with E-state index in [9.17, 15) is 19.3 Å². The third kappa shape index (κ3) is 3.52. The van der Waals surface area contributed by atoms with Gasteiger partial charge in [-0.1, -0.05) is 6.07 Å². The van der Waals surface area contributed by atoms with Crippen LogP contribution < -0.4 is 14.8 Å². The number of carbonyl (C=O) groups excluding carboxylic acids is 1. The molecule has 1 aliphatic heterocycles. The van der Waals surface area contributed by atoms with E-state index in [1.165, 1.54) is 0 Å². The van der Waals surface area contributed by atoms with Crippen LogP contribution in [-0.4, -0.2) is 30.6 Å². The molecule has 2 aromatic carbocycles. The van der Waals surface area contributed by atoms with Crippen molar-refractivity contribution in [2.24, 2.45) is 0 Å². The smallest absolute Gasteiger partial charge is 0.285 e. The second-order valence-electron chi connectivity index (χ2n) is 5.58. The van der Waals surface area contributed by atoms with Crippen LogP contribution in [0, 0.1) is 15.9 Å². The number of amides is 1. The van der Waals surface area contributed by atoms with Crippen molar-refractivity contribution in [1.29, 1.82) is 0 Å². The van der Waals surface area contributed by atoms with E-state index in [0.717, 1.165) is 23.8 Å². The topological polar surface area (TPSA) is 90.7 Å². The third-order valence-electron chi connectivity index (χ3n) is 3.92. The molecular weight excluding hydrogens is 331 g/mol. The van der Waals surface area contributed by atoms with Gasteiger partial charge >= 0.3 is 0 Å². The number of nitrogens with one attached hydrogen (secondary N) is 1. The maximum absolute atomic E-state index is 13.2. The summed E-state index contributed by atoms with van der Waals surface area (Å²) in [5.41, 5.74) is 0.136. The summed E-state index contributed by atoms with van der Waals surface area (Å²) in [5, 5.41) is 13.7. The van der Waals surface area contributed by atoms with E-state index in [2.05, 4.69) is 5.32 Å². The van der Waals surface area contributed by atoms with Gasteiger partial charge in [0.1, 0.15) is 29.5 Å². The van der Waals surface area contributed by atoms with Crippen molar-refractivity contribution in [3.8, 4) is 11.5 Å². The zero-order chi connectivity index (χ0) is 18.0. The SMILES string of the molecule is COc1ccc2c(c1)OC[C@@H](NC(=O)c1ccc(F)cc1[N+](=O)[O-])C2. The average molecular weight is 346 g/mol. The van der Waals surface area contributed by atoms with Gasteiger partial charge in [-0.25, -0.2) is 4.39 Å².